The Morgan fingerprint density at radius 2 is 1.88 bits per heavy atom. The van der Waals surface area contributed by atoms with Crippen molar-refractivity contribution in [1.29, 1.82) is 0 Å². The fourth-order valence-corrected chi connectivity index (χ4v) is 2.38. The number of aryl methyl sites for hydroxylation is 1. The Kier molecular flexibility index (Phi) is 6.69. The molecule has 0 atom stereocenters. The van der Waals surface area contributed by atoms with Crippen LogP contribution in [0.25, 0.3) is 0 Å². The highest BCUT2D eigenvalue weighted by molar-refractivity contribution is 5.98. The average Bonchev–Trinajstić information content (AvgIpc) is 2.64. The summed E-state index contributed by atoms with van der Waals surface area (Å²) in [5.74, 6) is -0.380. The van der Waals surface area contributed by atoms with Crippen LogP contribution in [0.15, 0.2) is 42.6 Å². The highest BCUT2D eigenvalue weighted by atomic mass is 16.2. The van der Waals surface area contributed by atoms with Crippen molar-refractivity contribution in [2.24, 2.45) is 0 Å². The van der Waals surface area contributed by atoms with Gasteiger partial charge in [-0.2, -0.15) is 0 Å². The highest BCUT2D eigenvalue weighted by Gasteiger charge is 2.14. The van der Waals surface area contributed by atoms with Crippen molar-refractivity contribution in [3.05, 3.63) is 65.0 Å². The largest absolute Gasteiger partial charge is 0.347 e. The molecule has 0 fully saturated rings. The summed E-state index contributed by atoms with van der Waals surface area (Å²) in [6.07, 6.45) is 3.49. The number of carbonyl (C=O) groups is 2. The Morgan fingerprint density at radius 3 is 2.56 bits per heavy atom. The first kappa shape index (κ1) is 18.6. The smallest absolute Gasteiger partial charge is 0.270 e. The molecule has 0 saturated heterocycles. The van der Waals surface area contributed by atoms with Crippen LogP contribution in [0.2, 0.25) is 0 Å². The van der Waals surface area contributed by atoms with Crippen LogP contribution < -0.4 is 5.32 Å². The van der Waals surface area contributed by atoms with Gasteiger partial charge in [-0.15, -0.1) is 0 Å². The van der Waals surface area contributed by atoms with Crippen molar-refractivity contribution >= 4 is 11.8 Å². The third kappa shape index (κ3) is 5.41. The molecule has 0 spiro atoms. The lowest BCUT2D eigenvalue weighted by Crippen LogP contribution is -2.29. The van der Waals surface area contributed by atoms with Crippen LogP contribution >= 0.6 is 0 Å². The molecule has 0 aliphatic carbocycles. The van der Waals surface area contributed by atoms with Crippen molar-refractivity contribution in [2.45, 2.75) is 33.2 Å². The van der Waals surface area contributed by atoms with Gasteiger partial charge in [-0.1, -0.05) is 43.2 Å². The van der Waals surface area contributed by atoms with Crippen LogP contribution in [-0.2, 0) is 6.54 Å². The summed E-state index contributed by atoms with van der Waals surface area (Å²) < 4.78 is 0. The number of aromatic nitrogens is 1. The topological polar surface area (TPSA) is 62.3 Å². The summed E-state index contributed by atoms with van der Waals surface area (Å²) in [6.45, 7) is 5.23. The number of hydrogen-bond acceptors (Lipinski definition) is 3. The Morgan fingerprint density at radius 1 is 1.16 bits per heavy atom. The van der Waals surface area contributed by atoms with E-state index in [0.29, 0.717) is 18.7 Å². The molecule has 1 aromatic heterocycles. The molecular weight excluding hydrogens is 314 g/mol. The van der Waals surface area contributed by atoms with Gasteiger partial charge in [0.1, 0.15) is 5.69 Å². The zero-order valence-electron chi connectivity index (χ0n) is 15.1. The summed E-state index contributed by atoms with van der Waals surface area (Å²) in [4.78, 5) is 30.5. The number of rotatable bonds is 7. The normalized spacial score (nSPS) is 10.4. The maximum Gasteiger partial charge on any atom is 0.270 e. The second kappa shape index (κ2) is 8.97. The van der Waals surface area contributed by atoms with E-state index in [2.05, 4.69) is 17.2 Å². The van der Waals surface area contributed by atoms with Gasteiger partial charge in [0, 0.05) is 31.9 Å². The summed E-state index contributed by atoms with van der Waals surface area (Å²) in [6, 6.07) is 11.2. The number of nitrogens with one attached hydrogen (secondary N) is 1. The van der Waals surface area contributed by atoms with Gasteiger partial charge in [-0.05, 0) is 31.0 Å². The van der Waals surface area contributed by atoms with Crippen LogP contribution in [-0.4, -0.2) is 35.3 Å². The zero-order chi connectivity index (χ0) is 18.2. The molecule has 0 unspecified atom stereocenters. The first-order chi connectivity index (χ1) is 12.0. The lowest BCUT2D eigenvalue weighted by Gasteiger charge is -2.16. The molecule has 0 aliphatic rings. The standard InChI is InChI=1S/C20H25N3O2/c1-4-5-12-23(3)20(25)17-10-11-21-18(13-17)19(24)22-14-16-8-6-15(2)7-9-16/h6-11,13H,4-5,12,14H2,1-3H3,(H,22,24). The van der Waals surface area contributed by atoms with Crippen molar-refractivity contribution in [3.63, 3.8) is 0 Å². The maximum atomic E-state index is 12.4. The monoisotopic (exact) mass is 339 g/mol. The Labute approximate surface area is 149 Å². The van der Waals surface area contributed by atoms with E-state index >= 15 is 0 Å². The number of benzene rings is 1. The lowest BCUT2D eigenvalue weighted by molar-refractivity contribution is 0.0793. The minimum absolute atomic E-state index is 0.0940. The lowest BCUT2D eigenvalue weighted by atomic mass is 10.1. The molecular formula is C20H25N3O2. The number of unbranched alkanes of at least 4 members (excludes halogenated alkanes) is 1. The van der Waals surface area contributed by atoms with E-state index in [-0.39, 0.29) is 17.5 Å². The number of nitrogens with zero attached hydrogens (tertiary/aromatic N) is 2. The Hall–Kier alpha value is -2.69. The quantitative estimate of drug-likeness (QED) is 0.842. The molecule has 2 amide bonds. The van der Waals surface area contributed by atoms with E-state index in [9.17, 15) is 9.59 Å². The van der Waals surface area contributed by atoms with E-state index in [0.717, 1.165) is 18.4 Å². The SMILES string of the molecule is CCCCN(C)C(=O)c1ccnc(C(=O)NCc2ccc(C)cc2)c1. The van der Waals surface area contributed by atoms with Crippen LogP contribution in [0.5, 0.6) is 0 Å². The molecule has 1 N–H and O–H groups in total. The molecule has 1 aromatic carbocycles. The molecule has 5 nitrogen and oxygen atoms in total. The molecule has 132 valence electrons. The van der Waals surface area contributed by atoms with Crippen molar-refractivity contribution in [1.82, 2.24) is 15.2 Å². The number of hydrogen-bond donors (Lipinski definition) is 1. The predicted molar refractivity (Wildman–Crippen MR) is 98.5 cm³/mol. The maximum absolute atomic E-state index is 12.4. The van der Waals surface area contributed by atoms with E-state index in [1.54, 1.807) is 24.1 Å². The van der Waals surface area contributed by atoms with E-state index in [1.807, 2.05) is 31.2 Å². The van der Waals surface area contributed by atoms with Crippen LogP contribution in [0.1, 0.15) is 51.7 Å². The summed E-state index contributed by atoms with van der Waals surface area (Å²) in [5, 5.41) is 2.84. The molecule has 5 heteroatoms. The zero-order valence-corrected chi connectivity index (χ0v) is 15.1. The van der Waals surface area contributed by atoms with Crippen molar-refractivity contribution in [2.75, 3.05) is 13.6 Å². The predicted octanol–water partition coefficient (Wildman–Crippen LogP) is 3.19. The summed E-state index contributed by atoms with van der Waals surface area (Å²) in [7, 11) is 1.77. The van der Waals surface area contributed by atoms with Gasteiger partial charge in [0.2, 0.25) is 0 Å². The van der Waals surface area contributed by atoms with E-state index in [4.69, 9.17) is 0 Å². The molecule has 2 aromatic rings. The van der Waals surface area contributed by atoms with Crippen molar-refractivity contribution in [3.8, 4) is 0 Å². The average molecular weight is 339 g/mol. The van der Waals surface area contributed by atoms with Crippen molar-refractivity contribution < 1.29 is 9.59 Å². The van der Waals surface area contributed by atoms with E-state index in [1.165, 1.54) is 11.8 Å². The van der Waals surface area contributed by atoms with Gasteiger partial charge in [-0.3, -0.25) is 14.6 Å². The first-order valence-corrected chi connectivity index (χ1v) is 8.56. The fraction of sp³-hybridized carbons (Fsp3) is 0.350. The summed E-state index contributed by atoms with van der Waals surface area (Å²) in [5.41, 5.74) is 2.93. The second-order valence-electron chi connectivity index (χ2n) is 6.18. The second-order valence-corrected chi connectivity index (χ2v) is 6.18. The number of amides is 2. The fourth-order valence-electron chi connectivity index (χ4n) is 2.38. The number of carbonyl (C=O) groups excluding carboxylic acids is 2. The van der Waals surface area contributed by atoms with Crippen LogP contribution in [0.3, 0.4) is 0 Å². The highest BCUT2D eigenvalue weighted by Crippen LogP contribution is 2.08. The van der Waals surface area contributed by atoms with Crippen LogP contribution in [0.4, 0.5) is 0 Å². The molecule has 1 heterocycles. The minimum atomic E-state index is -0.286. The van der Waals surface area contributed by atoms with Gasteiger partial charge < -0.3 is 10.2 Å². The molecule has 0 bridgehead atoms. The van der Waals surface area contributed by atoms with Gasteiger partial charge in [0.15, 0.2) is 0 Å². The van der Waals surface area contributed by atoms with Gasteiger partial charge in [0.25, 0.3) is 11.8 Å². The minimum Gasteiger partial charge on any atom is -0.347 e. The summed E-state index contributed by atoms with van der Waals surface area (Å²) >= 11 is 0. The van der Waals surface area contributed by atoms with Gasteiger partial charge in [-0.25, -0.2) is 0 Å². The Bertz CT molecular complexity index is 726. The third-order valence-corrected chi connectivity index (χ3v) is 4.01. The van der Waals surface area contributed by atoms with Crippen LogP contribution in [0, 0.1) is 6.92 Å². The molecule has 25 heavy (non-hydrogen) atoms. The van der Waals surface area contributed by atoms with E-state index < -0.39 is 0 Å². The molecule has 2 rings (SSSR count). The first-order valence-electron chi connectivity index (χ1n) is 8.56. The molecule has 0 saturated carbocycles. The van der Waals surface area contributed by atoms with Gasteiger partial charge in [0.05, 0.1) is 0 Å². The molecule has 0 aliphatic heterocycles. The van der Waals surface area contributed by atoms with Gasteiger partial charge >= 0.3 is 0 Å². The number of pyridine rings is 1. The molecule has 0 radical (unpaired) electrons. The Balaban J connectivity index is 2.00. The third-order valence-electron chi connectivity index (χ3n) is 4.01.